The van der Waals surface area contributed by atoms with E-state index in [1.807, 2.05) is 0 Å². The number of benzene rings is 1. The quantitative estimate of drug-likeness (QED) is 0.302. The number of carbonyl (C=O) groups is 2. The zero-order chi connectivity index (χ0) is 21.7. The summed E-state index contributed by atoms with van der Waals surface area (Å²) in [6.07, 6.45) is 0. The molecule has 1 aromatic carbocycles. The fourth-order valence-corrected chi connectivity index (χ4v) is 2.32. The van der Waals surface area contributed by atoms with Crippen molar-refractivity contribution in [3.05, 3.63) is 91.4 Å². The van der Waals surface area contributed by atoms with Gasteiger partial charge >= 0.3 is 23.7 Å². The van der Waals surface area contributed by atoms with Crippen molar-refractivity contribution in [2.45, 2.75) is 13.2 Å². The molecule has 0 unspecified atom stereocenters. The Balaban J connectivity index is 1.54. The van der Waals surface area contributed by atoms with Gasteiger partial charge in [0.05, 0.1) is 12.1 Å². The maximum Gasteiger partial charge on any atom is 0.433 e. The smallest absolute Gasteiger partial charge is 0.433 e. The second-order valence-corrected chi connectivity index (χ2v) is 5.76. The molecule has 2 heterocycles. The highest BCUT2D eigenvalue weighted by atomic mass is 16.7. The predicted octanol–water partition coefficient (Wildman–Crippen LogP) is 3.40. The first-order valence-corrected chi connectivity index (χ1v) is 8.24. The third-order valence-electron chi connectivity index (χ3n) is 3.68. The maximum atomic E-state index is 11.9. The predicted molar refractivity (Wildman–Crippen MR) is 95.4 cm³/mol. The topological polar surface area (TPSA) is 165 Å². The highest BCUT2D eigenvalue weighted by Crippen LogP contribution is 2.18. The summed E-state index contributed by atoms with van der Waals surface area (Å²) >= 11 is 0. The van der Waals surface area contributed by atoms with Crippen molar-refractivity contribution in [2.75, 3.05) is 0 Å². The Morgan fingerprint density at radius 2 is 1.20 bits per heavy atom. The van der Waals surface area contributed by atoms with E-state index in [0.717, 1.165) is 24.3 Å². The summed E-state index contributed by atoms with van der Waals surface area (Å²) in [5.41, 5.74) is 1.12. The molecule has 0 atom stereocenters. The first-order valence-electron chi connectivity index (χ1n) is 8.24. The molecule has 12 heteroatoms. The van der Waals surface area contributed by atoms with Crippen LogP contribution in [0.5, 0.6) is 0 Å². The molecule has 0 bridgehead atoms. The minimum absolute atomic E-state index is 0.153. The largest absolute Gasteiger partial charge is 0.455 e. The molecule has 0 aliphatic carbocycles. The van der Waals surface area contributed by atoms with Crippen LogP contribution in [-0.2, 0) is 22.7 Å². The van der Waals surface area contributed by atoms with Crippen molar-refractivity contribution in [3.8, 4) is 0 Å². The Labute approximate surface area is 166 Å². The first-order chi connectivity index (χ1) is 14.3. The van der Waals surface area contributed by atoms with Gasteiger partial charge in [-0.25, -0.2) is 9.59 Å². The lowest BCUT2D eigenvalue weighted by Gasteiger charge is -2.07. The Hall–Kier alpha value is -4.48. The molecule has 2 aromatic heterocycles. The van der Waals surface area contributed by atoms with E-state index in [1.54, 1.807) is 24.3 Å². The molecular weight excluding hydrogens is 404 g/mol. The van der Waals surface area contributed by atoms with Crippen LogP contribution in [-0.4, -0.2) is 21.8 Å². The van der Waals surface area contributed by atoms with Gasteiger partial charge in [0.25, 0.3) is 0 Å². The summed E-state index contributed by atoms with van der Waals surface area (Å²) in [4.78, 5) is 43.4. The van der Waals surface area contributed by atoms with Gasteiger partial charge in [0, 0.05) is 0 Å². The van der Waals surface area contributed by atoms with Gasteiger partial charge in [0.15, 0.2) is 0 Å². The summed E-state index contributed by atoms with van der Waals surface area (Å²) in [6.45, 7) is -0.307. The highest BCUT2D eigenvalue weighted by Gasteiger charge is 2.19. The van der Waals surface area contributed by atoms with E-state index in [4.69, 9.17) is 18.3 Å². The lowest BCUT2D eigenvalue weighted by atomic mass is 10.1. The molecule has 0 radical (unpaired) electrons. The van der Waals surface area contributed by atoms with Gasteiger partial charge in [0.2, 0.25) is 11.5 Å². The molecule has 0 saturated carbocycles. The summed E-state index contributed by atoms with van der Waals surface area (Å²) in [6, 6.07) is 10.9. The maximum absolute atomic E-state index is 11.9. The summed E-state index contributed by atoms with van der Waals surface area (Å²) in [5.74, 6) is -3.52. The molecule has 0 N–H and O–H groups in total. The molecule has 0 fully saturated rings. The molecule has 0 amide bonds. The van der Waals surface area contributed by atoms with Crippen LogP contribution in [0.15, 0.2) is 57.4 Å². The summed E-state index contributed by atoms with van der Waals surface area (Å²) in [5, 5.41) is 21.1. The van der Waals surface area contributed by atoms with Crippen molar-refractivity contribution in [3.63, 3.8) is 0 Å². The normalized spacial score (nSPS) is 10.4. The second kappa shape index (κ2) is 8.68. The minimum atomic E-state index is -0.876. The van der Waals surface area contributed by atoms with Crippen LogP contribution in [0.25, 0.3) is 0 Å². The molecule has 0 aliphatic rings. The first kappa shape index (κ1) is 20.3. The lowest BCUT2D eigenvalue weighted by Crippen LogP contribution is -2.06. The Bertz CT molecular complexity index is 1030. The van der Waals surface area contributed by atoms with E-state index in [2.05, 4.69) is 0 Å². The van der Waals surface area contributed by atoms with E-state index >= 15 is 0 Å². The number of esters is 2. The van der Waals surface area contributed by atoms with E-state index < -0.39 is 33.6 Å². The Morgan fingerprint density at radius 3 is 1.57 bits per heavy atom. The van der Waals surface area contributed by atoms with Crippen LogP contribution in [0.3, 0.4) is 0 Å². The summed E-state index contributed by atoms with van der Waals surface area (Å²) < 4.78 is 19.6. The van der Waals surface area contributed by atoms with Crippen molar-refractivity contribution in [1.29, 1.82) is 0 Å². The van der Waals surface area contributed by atoms with Gasteiger partial charge in [-0.15, -0.1) is 0 Å². The zero-order valence-electron chi connectivity index (χ0n) is 15.0. The third kappa shape index (κ3) is 4.86. The molecule has 0 spiro atoms. The van der Waals surface area contributed by atoms with Crippen LogP contribution in [0.2, 0.25) is 0 Å². The van der Waals surface area contributed by atoms with Gasteiger partial charge in [0.1, 0.15) is 23.1 Å². The molecule has 0 aliphatic heterocycles. The average Bonchev–Trinajstić information content (AvgIpc) is 3.40. The fourth-order valence-electron chi connectivity index (χ4n) is 2.32. The van der Waals surface area contributed by atoms with Crippen LogP contribution < -0.4 is 0 Å². The molecular formula is C18H12N2O10. The monoisotopic (exact) mass is 416 g/mol. The van der Waals surface area contributed by atoms with Crippen LogP contribution >= 0.6 is 0 Å². The van der Waals surface area contributed by atoms with E-state index in [-0.39, 0.29) is 24.7 Å². The SMILES string of the molecule is O=C(OCc1cccc(COC(=O)c2ccc([N+](=O)[O-])o2)c1)c1ccc([N+](=O)[O-])o1. The number of furan rings is 2. The van der Waals surface area contributed by atoms with Crippen LogP contribution in [0.1, 0.15) is 32.2 Å². The highest BCUT2D eigenvalue weighted by molar-refractivity contribution is 5.87. The van der Waals surface area contributed by atoms with E-state index in [1.165, 1.54) is 0 Å². The fraction of sp³-hybridized carbons (Fsp3) is 0.111. The minimum Gasteiger partial charge on any atom is -0.455 e. The van der Waals surface area contributed by atoms with Crippen LogP contribution in [0, 0.1) is 20.2 Å². The number of carbonyl (C=O) groups excluding carboxylic acids is 2. The van der Waals surface area contributed by atoms with Crippen molar-refractivity contribution >= 4 is 23.7 Å². The van der Waals surface area contributed by atoms with Crippen molar-refractivity contribution < 1.29 is 37.7 Å². The van der Waals surface area contributed by atoms with Crippen molar-refractivity contribution in [1.82, 2.24) is 0 Å². The third-order valence-corrected chi connectivity index (χ3v) is 3.68. The molecule has 12 nitrogen and oxygen atoms in total. The van der Waals surface area contributed by atoms with Gasteiger partial charge in [-0.2, -0.15) is 0 Å². The number of rotatable bonds is 8. The average molecular weight is 416 g/mol. The number of hydrogen-bond donors (Lipinski definition) is 0. The second-order valence-electron chi connectivity index (χ2n) is 5.76. The van der Waals surface area contributed by atoms with Gasteiger partial charge < -0.3 is 18.3 Å². The molecule has 3 aromatic rings. The Morgan fingerprint density at radius 1 is 0.767 bits per heavy atom. The molecule has 154 valence electrons. The molecule has 3 rings (SSSR count). The van der Waals surface area contributed by atoms with Crippen LogP contribution in [0.4, 0.5) is 11.8 Å². The van der Waals surface area contributed by atoms with E-state index in [0.29, 0.717) is 11.1 Å². The molecule has 0 saturated heterocycles. The number of nitrogens with zero attached hydrogens (tertiary/aromatic N) is 2. The standard InChI is InChI=1S/C18H12N2O10/c21-17(13-4-6-15(29-13)19(23)24)27-9-11-2-1-3-12(8-11)10-28-18(22)14-5-7-16(30-14)20(25)26/h1-8H,9-10H2. The van der Waals surface area contributed by atoms with E-state index in [9.17, 15) is 29.8 Å². The van der Waals surface area contributed by atoms with Gasteiger partial charge in [-0.1, -0.05) is 18.2 Å². The zero-order valence-corrected chi connectivity index (χ0v) is 15.0. The van der Waals surface area contributed by atoms with Gasteiger partial charge in [-0.3, -0.25) is 20.2 Å². The summed E-state index contributed by atoms with van der Waals surface area (Å²) in [7, 11) is 0. The van der Waals surface area contributed by atoms with Gasteiger partial charge in [-0.05, 0) is 29.3 Å². The lowest BCUT2D eigenvalue weighted by molar-refractivity contribution is -0.402. The number of hydrogen-bond acceptors (Lipinski definition) is 10. The number of nitro groups is 2. The Kier molecular flexibility index (Phi) is 5.86. The molecule has 30 heavy (non-hydrogen) atoms. The number of ether oxygens (including phenoxy) is 2. The van der Waals surface area contributed by atoms with Crippen molar-refractivity contribution in [2.24, 2.45) is 0 Å².